The first kappa shape index (κ1) is 7.79. The number of hydrogen-bond acceptors (Lipinski definition) is 3. The molecule has 1 heterocycles. The fourth-order valence-electron chi connectivity index (χ4n) is 1.46. The minimum Gasteiger partial charge on any atom is -0.205 e. The highest BCUT2D eigenvalue weighted by Gasteiger charge is 2.18. The van der Waals surface area contributed by atoms with Crippen LogP contribution in [0.5, 0.6) is 0 Å². The van der Waals surface area contributed by atoms with Crippen LogP contribution in [0, 0.1) is 0 Å². The summed E-state index contributed by atoms with van der Waals surface area (Å²) in [5, 5.41) is 3.99. The Hall–Kier alpha value is -0.840. The zero-order chi connectivity index (χ0) is 8.77. The van der Waals surface area contributed by atoms with Gasteiger partial charge in [0.15, 0.2) is 0 Å². The second-order valence-corrected chi connectivity index (χ2v) is 4.93. The van der Waals surface area contributed by atoms with Gasteiger partial charge in [0.05, 0.1) is 11.9 Å². The van der Waals surface area contributed by atoms with Crippen molar-refractivity contribution in [1.29, 1.82) is 0 Å². The average molecular weight is 186 g/mol. The maximum atomic E-state index is 11.0. The molecule has 0 saturated heterocycles. The summed E-state index contributed by atoms with van der Waals surface area (Å²) in [5.41, 5.74) is 2.03. The van der Waals surface area contributed by atoms with E-state index in [2.05, 4.69) is 5.10 Å². The summed E-state index contributed by atoms with van der Waals surface area (Å²) < 4.78 is 23.1. The highest BCUT2D eigenvalue weighted by Crippen LogP contribution is 2.20. The molecule has 0 atom stereocenters. The van der Waals surface area contributed by atoms with E-state index in [0.29, 0.717) is 0 Å². The van der Waals surface area contributed by atoms with Gasteiger partial charge < -0.3 is 0 Å². The first-order valence-corrected chi connectivity index (χ1v) is 5.70. The third-order valence-electron chi connectivity index (χ3n) is 2.06. The second kappa shape index (κ2) is 2.32. The lowest BCUT2D eigenvalue weighted by Gasteiger charge is -1.95. The highest BCUT2D eigenvalue weighted by molar-refractivity contribution is 7.89. The Morgan fingerprint density at radius 3 is 2.83 bits per heavy atom. The van der Waals surface area contributed by atoms with Gasteiger partial charge in [0.1, 0.15) is 0 Å². The van der Waals surface area contributed by atoms with Crippen molar-refractivity contribution in [2.24, 2.45) is 0 Å². The van der Waals surface area contributed by atoms with Crippen LogP contribution in [-0.4, -0.2) is 23.9 Å². The van der Waals surface area contributed by atoms with Gasteiger partial charge in [0.2, 0.25) is 0 Å². The van der Waals surface area contributed by atoms with Crippen LogP contribution < -0.4 is 0 Å². The second-order valence-electron chi connectivity index (χ2n) is 3.09. The van der Waals surface area contributed by atoms with E-state index in [1.807, 2.05) is 0 Å². The summed E-state index contributed by atoms with van der Waals surface area (Å²) in [6.07, 6.45) is 5.76. The Balaban J connectivity index is 2.51. The Morgan fingerprint density at radius 2 is 2.25 bits per heavy atom. The van der Waals surface area contributed by atoms with E-state index in [-0.39, 0.29) is 0 Å². The molecule has 0 radical (unpaired) electrons. The smallest absolute Gasteiger partial charge is 0.205 e. The Morgan fingerprint density at radius 1 is 1.50 bits per heavy atom. The van der Waals surface area contributed by atoms with Crippen molar-refractivity contribution >= 4 is 10.0 Å². The first-order valence-electron chi connectivity index (χ1n) is 3.85. The molecule has 5 heteroatoms. The summed E-state index contributed by atoms with van der Waals surface area (Å²) >= 11 is 0. The molecule has 1 aromatic rings. The zero-order valence-electron chi connectivity index (χ0n) is 6.82. The fraction of sp³-hybridized carbons (Fsp3) is 0.571. The third kappa shape index (κ3) is 1.14. The monoisotopic (exact) mass is 186 g/mol. The largest absolute Gasteiger partial charge is 0.250 e. The highest BCUT2D eigenvalue weighted by atomic mass is 32.2. The Bertz CT molecular complexity index is 384. The van der Waals surface area contributed by atoms with Crippen LogP contribution in [0.25, 0.3) is 0 Å². The zero-order valence-corrected chi connectivity index (χ0v) is 7.63. The van der Waals surface area contributed by atoms with Crippen LogP contribution in [0.1, 0.15) is 17.7 Å². The van der Waals surface area contributed by atoms with Crippen molar-refractivity contribution in [2.45, 2.75) is 19.3 Å². The maximum Gasteiger partial charge on any atom is 0.250 e. The molecule has 0 aliphatic heterocycles. The normalized spacial score (nSPS) is 16.4. The van der Waals surface area contributed by atoms with Crippen molar-refractivity contribution in [1.82, 2.24) is 9.19 Å². The van der Waals surface area contributed by atoms with E-state index >= 15 is 0 Å². The van der Waals surface area contributed by atoms with Crippen molar-refractivity contribution in [2.75, 3.05) is 6.26 Å². The molecule has 0 aromatic carbocycles. The van der Waals surface area contributed by atoms with E-state index in [1.54, 1.807) is 6.20 Å². The molecular formula is C7H10N2O2S. The Kier molecular flexibility index (Phi) is 1.51. The van der Waals surface area contributed by atoms with E-state index < -0.39 is 10.0 Å². The molecule has 1 aliphatic carbocycles. The molecule has 4 nitrogen and oxygen atoms in total. The van der Waals surface area contributed by atoms with Gasteiger partial charge in [-0.3, -0.25) is 0 Å². The van der Waals surface area contributed by atoms with Crippen molar-refractivity contribution < 1.29 is 8.42 Å². The fourth-order valence-corrected chi connectivity index (χ4v) is 2.02. The standard InChI is InChI=1S/C7H10N2O2S/c1-12(10,11)9-5-6-3-2-4-7(6)8-9/h5H,2-4H2,1H3. The molecule has 12 heavy (non-hydrogen) atoms. The predicted octanol–water partition coefficient (Wildman–Crippen LogP) is 0.179. The van der Waals surface area contributed by atoms with Crippen LogP contribution in [0.3, 0.4) is 0 Å². The van der Waals surface area contributed by atoms with Gasteiger partial charge in [0, 0.05) is 6.20 Å². The van der Waals surface area contributed by atoms with Crippen molar-refractivity contribution in [3.63, 3.8) is 0 Å². The van der Waals surface area contributed by atoms with Crippen LogP contribution in [0.4, 0.5) is 0 Å². The number of nitrogens with zero attached hydrogens (tertiary/aromatic N) is 2. The number of hydrogen-bond donors (Lipinski definition) is 0. The molecule has 66 valence electrons. The predicted molar refractivity (Wildman–Crippen MR) is 44.5 cm³/mol. The van der Waals surface area contributed by atoms with Crippen molar-refractivity contribution in [3.05, 3.63) is 17.5 Å². The summed E-state index contributed by atoms with van der Waals surface area (Å²) in [5.74, 6) is 0. The first-order chi connectivity index (χ1) is 5.57. The summed E-state index contributed by atoms with van der Waals surface area (Å²) in [6, 6.07) is 0. The number of fused-ring (bicyclic) bond motifs is 1. The van der Waals surface area contributed by atoms with Crippen LogP contribution in [0.15, 0.2) is 6.20 Å². The minimum atomic E-state index is -3.18. The number of rotatable bonds is 1. The van der Waals surface area contributed by atoms with Gasteiger partial charge in [-0.25, -0.2) is 8.42 Å². The van der Waals surface area contributed by atoms with Crippen LogP contribution in [-0.2, 0) is 22.9 Å². The van der Waals surface area contributed by atoms with Gasteiger partial charge in [-0.15, -0.1) is 0 Å². The van der Waals surface area contributed by atoms with Gasteiger partial charge in [-0.05, 0) is 24.8 Å². The quantitative estimate of drug-likeness (QED) is 0.628. The summed E-state index contributed by atoms with van der Waals surface area (Å²) in [6.45, 7) is 0. The number of aromatic nitrogens is 2. The van der Waals surface area contributed by atoms with Gasteiger partial charge in [-0.1, -0.05) is 0 Å². The van der Waals surface area contributed by atoms with Gasteiger partial charge in [0.25, 0.3) is 10.0 Å². The van der Waals surface area contributed by atoms with Gasteiger partial charge >= 0.3 is 0 Å². The molecule has 1 aliphatic rings. The Labute approximate surface area is 71.3 Å². The average Bonchev–Trinajstić information content (AvgIpc) is 2.37. The third-order valence-corrected chi connectivity index (χ3v) is 2.92. The van der Waals surface area contributed by atoms with Gasteiger partial charge in [-0.2, -0.15) is 9.19 Å². The maximum absolute atomic E-state index is 11.0. The van der Waals surface area contributed by atoms with E-state index in [4.69, 9.17) is 0 Å². The molecule has 2 rings (SSSR count). The minimum absolute atomic E-state index is 0.915. The van der Waals surface area contributed by atoms with E-state index in [1.165, 1.54) is 0 Å². The lowest BCUT2D eigenvalue weighted by atomic mass is 10.3. The van der Waals surface area contributed by atoms with Crippen LogP contribution >= 0.6 is 0 Å². The molecule has 0 fully saturated rings. The molecule has 0 spiro atoms. The molecule has 0 bridgehead atoms. The lowest BCUT2D eigenvalue weighted by molar-refractivity contribution is 0.585. The van der Waals surface area contributed by atoms with Crippen LogP contribution in [0.2, 0.25) is 0 Å². The molecule has 1 aromatic heterocycles. The molecule has 0 saturated carbocycles. The van der Waals surface area contributed by atoms with E-state index in [9.17, 15) is 8.42 Å². The topological polar surface area (TPSA) is 52.0 Å². The van der Waals surface area contributed by atoms with Crippen molar-refractivity contribution in [3.8, 4) is 0 Å². The molecule has 0 unspecified atom stereocenters. The molecule has 0 N–H and O–H groups in total. The lowest BCUT2D eigenvalue weighted by Crippen LogP contribution is -2.10. The summed E-state index contributed by atoms with van der Waals surface area (Å²) in [4.78, 5) is 0. The van der Waals surface area contributed by atoms with E-state index in [0.717, 1.165) is 40.9 Å². The SMILES string of the molecule is CS(=O)(=O)n1cc2c(n1)CCC2. The summed E-state index contributed by atoms with van der Waals surface area (Å²) in [7, 11) is -3.18. The molecule has 0 amide bonds. The number of aryl methyl sites for hydroxylation is 2. The molecular weight excluding hydrogens is 176 g/mol.